The summed E-state index contributed by atoms with van der Waals surface area (Å²) in [7, 11) is -1.86. The minimum absolute atomic E-state index is 0.169. The molecule has 1 saturated heterocycles. The van der Waals surface area contributed by atoms with E-state index in [2.05, 4.69) is 75.4 Å². The third kappa shape index (κ3) is 6.40. The Morgan fingerprint density at radius 1 is 1.12 bits per heavy atom. The molecule has 0 saturated carbocycles. The second kappa shape index (κ2) is 10.8. The standard InChI is InChI=1S/C26H37ClN2OSSi/c1-26(2,3)32(5,6)30-19-22-18-23(27)12-13-24(22)28-25(31-4)29-16-14-21(15-17-29)20-10-8-7-9-11-20/h7-13,18,21H,14-17,19H2,1-6H3. The highest BCUT2D eigenvalue weighted by molar-refractivity contribution is 8.13. The van der Waals surface area contributed by atoms with Crippen molar-refractivity contribution in [3.63, 3.8) is 0 Å². The summed E-state index contributed by atoms with van der Waals surface area (Å²) < 4.78 is 6.49. The van der Waals surface area contributed by atoms with Crippen molar-refractivity contribution in [1.82, 2.24) is 4.90 Å². The molecule has 1 aliphatic rings. The smallest absolute Gasteiger partial charge is 0.192 e. The normalized spacial score (nSPS) is 16.5. The van der Waals surface area contributed by atoms with E-state index < -0.39 is 8.32 Å². The molecule has 3 rings (SSSR count). The van der Waals surface area contributed by atoms with Gasteiger partial charge in [0.25, 0.3) is 0 Å². The Balaban J connectivity index is 1.74. The molecule has 1 fully saturated rings. The van der Waals surface area contributed by atoms with Gasteiger partial charge in [-0.3, -0.25) is 0 Å². The first-order chi connectivity index (χ1) is 15.1. The van der Waals surface area contributed by atoms with Crippen molar-refractivity contribution in [3.8, 4) is 0 Å². The van der Waals surface area contributed by atoms with Crippen molar-refractivity contribution in [3.05, 3.63) is 64.7 Å². The lowest BCUT2D eigenvalue weighted by atomic mass is 9.90. The Bertz CT molecular complexity index is 919. The number of benzene rings is 2. The fourth-order valence-corrected chi connectivity index (χ4v) is 5.51. The summed E-state index contributed by atoms with van der Waals surface area (Å²) in [6, 6.07) is 16.9. The molecule has 0 radical (unpaired) electrons. The third-order valence-electron chi connectivity index (χ3n) is 6.87. The first-order valence-electron chi connectivity index (χ1n) is 11.5. The number of nitrogens with zero attached hydrogens (tertiary/aromatic N) is 2. The van der Waals surface area contributed by atoms with Crippen LogP contribution in [0.25, 0.3) is 0 Å². The number of hydrogen-bond acceptors (Lipinski definition) is 3. The Hall–Kier alpha value is -1.27. The molecule has 0 spiro atoms. The highest BCUT2D eigenvalue weighted by Gasteiger charge is 2.37. The molecule has 2 aromatic carbocycles. The van der Waals surface area contributed by atoms with Gasteiger partial charge in [0.15, 0.2) is 13.5 Å². The number of piperidine rings is 1. The zero-order chi connectivity index (χ0) is 23.4. The van der Waals surface area contributed by atoms with E-state index in [0.29, 0.717) is 12.5 Å². The lowest BCUT2D eigenvalue weighted by Gasteiger charge is -2.36. The molecule has 174 valence electrons. The van der Waals surface area contributed by atoms with Crippen molar-refractivity contribution in [2.45, 2.75) is 64.3 Å². The lowest BCUT2D eigenvalue weighted by Crippen LogP contribution is -2.40. The van der Waals surface area contributed by atoms with Crippen LogP contribution in [0.1, 0.15) is 50.7 Å². The lowest BCUT2D eigenvalue weighted by molar-refractivity contribution is 0.277. The molecule has 0 unspecified atom stereocenters. The van der Waals surface area contributed by atoms with Crippen LogP contribution < -0.4 is 0 Å². The van der Waals surface area contributed by atoms with Crippen LogP contribution in [0.5, 0.6) is 0 Å². The van der Waals surface area contributed by atoms with Crippen molar-refractivity contribution in [2.24, 2.45) is 4.99 Å². The van der Waals surface area contributed by atoms with Crippen LogP contribution in [0.2, 0.25) is 23.2 Å². The Morgan fingerprint density at radius 2 is 1.78 bits per heavy atom. The van der Waals surface area contributed by atoms with Crippen molar-refractivity contribution >= 4 is 42.5 Å². The van der Waals surface area contributed by atoms with E-state index in [-0.39, 0.29) is 5.04 Å². The monoisotopic (exact) mass is 488 g/mol. The summed E-state index contributed by atoms with van der Waals surface area (Å²) in [4.78, 5) is 7.51. The fourth-order valence-electron chi connectivity index (χ4n) is 3.73. The average Bonchev–Trinajstić information content (AvgIpc) is 2.77. The van der Waals surface area contributed by atoms with Gasteiger partial charge in [0.1, 0.15) is 0 Å². The van der Waals surface area contributed by atoms with E-state index in [9.17, 15) is 0 Å². The molecule has 0 atom stereocenters. The van der Waals surface area contributed by atoms with Gasteiger partial charge in [-0.2, -0.15) is 0 Å². The van der Waals surface area contributed by atoms with Crippen molar-refractivity contribution < 1.29 is 4.43 Å². The van der Waals surface area contributed by atoms with Gasteiger partial charge in [0, 0.05) is 23.7 Å². The van der Waals surface area contributed by atoms with Crippen molar-refractivity contribution in [2.75, 3.05) is 19.3 Å². The Morgan fingerprint density at radius 3 is 2.38 bits per heavy atom. The molecule has 0 aliphatic carbocycles. The second-order valence-corrected chi connectivity index (χ2v) is 16.1. The van der Waals surface area contributed by atoms with E-state index in [1.165, 1.54) is 5.56 Å². The molecule has 3 nitrogen and oxygen atoms in total. The van der Waals surface area contributed by atoms with Gasteiger partial charge >= 0.3 is 0 Å². The van der Waals surface area contributed by atoms with Gasteiger partial charge in [-0.05, 0) is 66.9 Å². The molecule has 32 heavy (non-hydrogen) atoms. The maximum atomic E-state index is 6.49. The van der Waals surface area contributed by atoms with Crippen LogP contribution >= 0.6 is 23.4 Å². The number of amidine groups is 1. The molecular formula is C26H37ClN2OSSi. The van der Waals surface area contributed by atoms with Crippen LogP contribution in [0.4, 0.5) is 5.69 Å². The van der Waals surface area contributed by atoms with Crippen LogP contribution in [-0.4, -0.2) is 37.7 Å². The largest absolute Gasteiger partial charge is 0.412 e. The highest BCUT2D eigenvalue weighted by atomic mass is 35.5. The number of thioether (sulfide) groups is 1. The molecule has 0 N–H and O–H groups in total. The van der Waals surface area contributed by atoms with E-state index in [0.717, 1.165) is 47.4 Å². The molecule has 2 aromatic rings. The molecule has 0 amide bonds. The first kappa shape index (κ1) is 25.4. The summed E-state index contributed by atoms with van der Waals surface area (Å²) in [5, 5.41) is 1.97. The summed E-state index contributed by atoms with van der Waals surface area (Å²) in [5.74, 6) is 0.639. The minimum atomic E-state index is -1.86. The Kier molecular flexibility index (Phi) is 8.53. The zero-order valence-electron chi connectivity index (χ0n) is 20.3. The average molecular weight is 489 g/mol. The molecule has 6 heteroatoms. The Labute approximate surface area is 204 Å². The number of rotatable bonds is 5. The fraction of sp³-hybridized carbons (Fsp3) is 0.500. The SMILES string of the molecule is CSC(=Nc1ccc(Cl)cc1CO[Si](C)(C)C(C)(C)C)N1CCC(c2ccccc2)CC1. The van der Waals surface area contributed by atoms with E-state index >= 15 is 0 Å². The predicted octanol–water partition coefficient (Wildman–Crippen LogP) is 8.09. The van der Waals surface area contributed by atoms with Crippen LogP contribution in [0, 0.1) is 0 Å². The molecule has 0 aromatic heterocycles. The van der Waals surface area contributed by atoms with E-state index in [4.69, 9.17) is 21.0 Å². The van der Waals surface area contributed by atoms with Crippen LogP contribution in [0.3, 0.4) is 0 Å². The topological polar surface area (TPSA) is 24.8 Å². The predicted molar refractivity (Wildman–Crippen MR) is 144 cm³/mol. The maximum absolute atomic E-state index is 6.49. The summed E-state index contributed by atoms with van der Waals surface area (Å²) in [6.45, 7) is 14.0. The quantitative estimate of drug-likeness (QED) is 0.241. The summed E-state index contributed by atoms with van der Waals surface area (Å²) in [5.41, 5.74) is 3.48. The minimum Gasteiger partial charge on any atom is -0.412 e. The van der Waals surface area contributed by atoms with Gasteiger partial charge < -0.3 is 9.33 Å². The first-order valence-corrected chi connectivity index (χ1v) is 16.0. The van der Waals surface area contributed by atoms with E-state index in [1.807, 2.05) is 18.2 Å². The molecule has 1 aliphatic heterocycles. The molecular weight excluding hydrogens is 452 g/mol. The van der Waals surface area contributed by atoms with Crippen molar-refractivity contribution in [1.29, 1.82) is 0 Å². The zero-order valence-corrected chi connectivity index (χ0v) is 22.9. The van der Waals surface area contributed by atoms with E-state index in [1.54, 1.807) is 11.8 Å². The summed E-state index contributed by atoms with van der Waals surface area (Å²) in [6.07, 6.45) is 4.43. The van der Waals surface area contributed by atoms with Crippen LogP contribution in [-0.2, 0) is 11.0 Å². The molecule has 0 bridgehead atoms. The third-order valence-corrected chi connectivity index (χ3v) is 12.3. The van der Waals surface area contributed by atoms with Gasteiger partial charge in [0.2, 0.25) is 0 Å². The number of likely N-dealkylation sites (tertiary alicyclic amines) is 1. The number of hydrogen-bond donors (Lipinski definition) is 0. The number of halogens is 1. The highest BCUT2D eigenvalue weighted by Crippen LogP contribution is 2.38. The van der Waals surface area contributed by atoms with Gasteiger partial charge in [-0.1, -0.05) is 74.5 Å². The van der Waals surface area contributed by atoms with Crippen LogP contribution in [0.15, 0.2) is 53.5 Å². The van der Waals surface area contributed by atoms with Gasteiger partial charge in [-0.25, -0.2) is 4.99 Å². The maximum Gasteiger partial charge on any atom is 0.192 e. The number of aliphatic imine (C=N–C) groups is 1. The molecule has 1 heterocycles. The van der Waals surface area contributed by atoms with Gasteiger partial charge in [0.05, 0.1) is 12.3 Å². The van der Waals surface area contributed by atoms with Gasteiger partial charge in [-0.15, -0.1) is 0 Å². The summed E-state index contributed by atoms with van der Waals surface area (Å²) >= 11 is 8.06. The second-order valence-electron chi connectivity index (χ2n) is 10.1.